The van der Waals surface area contributed by atoms with Gasteiger partial charge in [0, 0.05) is 31.2 Å². The lowest BCUT2D eigenvalue weighted by atomic mass is 10.2. The van der Waals surface area contributed by atoms with Crippen LogP contribution in [0, 0.1) is 6.92 Å². The standard InChI is InChI=1S/C18H23N3O/c1-4-20(5-2)18(22)21(14-16-9-7-11-19-13-16)17-10-6-8-15(3)12-17/h6-13H,4-5,14H2,1-3H3. The van der Waals surface area contributed by atoms with Crippen LogP contribution in [0.1, 0.15) is 25.0 Å². The van der Waals surface area contributed by atoms with Gasteiger partial charge < -0.3 is 4.90 Å². The van der Waals surface area contributed by atoms with E-state index in [1.807, 2.05) is 67.0 Å². The lowest BCUT2D eigenvalue weighted by Crippen LogP contribution is -2.43. The molecule has 1 aromatic heterocycles. The maximum Gasteiger partial charge on any atom is 0.324 e. The van der Waals surface area contributed by atoms with Gasteiger partial charge in [-0.1, -0.05) is 18.2 Å². The molecular weight excluding hydrogens is 274 g/mol. The van der Waals surface area contributed by atoms with Crippen molar-refractivity contribution in [1.82, 2.24) is 9.88 Å². The molecule has 116 valence electrons. The van der Waals surface area contributed by atoms with E-state index in [1.165, 1.54) is 0 Å². The Morgan fingerprint density at radius 2 is 1.91 bits per heavy atom. The Balaban J connectivity index is 2.34. The van der Waals surface area contributed by atoms with Crippen molar-refractivity contribution in [2.75, 3.05) is 18.0 Å². The average molecular weight is 297 g/mol. The fourth-order valence-corrected chi connectivity index (χ4v) is 2.40. The van der Waals surface area contributed by atoms with Gasteiger partial charge in [-0.3, -0.25) is 9.88 Å². The maximum absolute atomic E-state index is 12.9. The fraction of sp³-hybridized carbons (Fsp3) is 0.333. The zero-order valence-electron chi connectivity index (χ0n) is 13.5. The van der Waals surface area contributed by atoms with E-state index in [0.29, 0.717) is 19.6 Å². The number of urea groups is 1. The van der Waals surface area contributed by atoms with Crippen LogP contribution < -0.4 is 4.90 Å². The van der Waals surface area contributed by atoms with E-state index in [-0.39, 0.29) is 6.03 Å². The van der Waals surface area contributed by atoms with Crippen molar-refractivity contribution in [1.29, 1.82) is 0 Å². The van der Waals surface area contributed by atoms with Crippen molar-refractivity contribution in [2.24, 2.45) is 0 Å². The van der Waals surface area contributed by atoms with Crippen molar-refractivity contribution in [3.8, 4) is 0 Å². The summed E-state index contributed by atoms with van der Waals surface area (Å²) in [4.78, 5) is 20.6. The van der Waals surface area contributed by atoms with Gasteiger partial charge >= 0.3 is 6.03 Å². The molecule has 1 heterocycles. The Bertz CT molecular complexity index is 609. The molecule has 1 aromatic carbocycles. The normalized spacial score (nSPS) is 10.3. The predicted molar refractivity (Wildman–Crippen MR) is 89.9 cm³/mol. The number of aryl methyl sites for hydroxylation is 1. The molecule has 22 heavy (non-hydrogen) atoms. The molecule has 0 atom stereocenters. The van der Waals surface area contributed by atoms with E-state index in [2.05, 4.69) is 4.98 Å². The number of rotatable bonds is 5. The summed E-state index contributed by atoms with van der Waals surface area (Å²) in [5.74, 6) is 0. The lowest BCUT2D eigenvalue weighted by molar-refractivity contribution is 0.209. The number of hydrogen-bond donors (Lipinski definition) is 0. The van der Waals surface area contributed by atoms with Gasteiger partial charge in [0.1, 0.15) is 0 Å². The molecule has 4 nitrogen and oxygen atoms in total. The third kappa shape index (κ3) is 3.85. The second-order valence-electron chi connectivity index (χ2n) is 5.24. The van der Waals surface area contributed by atoms with E-state index >= 15 is 0 Å². The number of nitrogens with zero attached hydrogens (tertiary/aromatic N) is 3. The van der Waals surface area contributed by atoms with Gasteiger partial charge in [0.2, 0.25) is 0 Å². The van der Waals surface area contributed by atoms with E-state index in [9.17, 15) is 4.79 Å². The summed E-state index contributed by atoms with van der Waals surface area (Å²) in [5.41, 5.74) is 3.08. The van der Waals surface area contributed by atoms with Crippen LogP contribution in [0.5, 0.6) is 0 Å². The number of aromatic nitrogens is 1. The first-order chi connectivity index (χ1) is 10.7. The zero-order valence-corrected chi connectivity index (χ0v) is 13.5. The van der Waals surface area contributed by atoms with E-state index in [1.54, 1.807) is 12.4 Å². The Morgan fingerprint density at radius 1 is 1.14 bits per heavy atom. The second kappa shape index (κ2) is 7.59. The van der Waals surface area contributed by atoms with Crippen LogP contribution >= 0.6 is 0 Å². The summed E-state index contributed by atoms with van der Waals surface area (Å²) in [6.07, 6.45) is 3.55. The van der Waals surface area contributed by atoms with Crippen LogP contribution in [0.15, 0.2) is 48.8 Å². The molecule has 0 N–H and O–H groups in total. The highest BCUT2D eigenvalue weighted by Crippen LogP contribution is 2.20. The van der Waals surface area contributed by atoms with Crippen molar-refractivity contribution in [2.45, 2.75) is 27.3 Å². The SMILES string of the molecule is CCN(CC)C(=O)N(Cc1cccnc1)c1cccc(C)c1. The third-order valence-corrected chi connectivity index (χ3v) is 3.64. The van der Waals surface area contributed by atoms with Crippen LogP contribution in [0.4, 0.5) is 10.5 Å². The zero-order chi connectivity index (χ0) is 15.9. The number of carbonyl (C=O) groups excluding carboxylic acids is 1. The van der Waals surface area contributed by atoms with Crippen molar-refractivity contribution < 1.29 is 4.79 Å². The molecule has 0 unspecified atom stereocenters. The summed E-state index contributed by atoms with van der Waals surface area (Å²) in [6, 6.07) is 11.9. The molecule has 4 heteroatoms. The highest BCUT2D eigenvalue weighted by Gasteiger charge is 2.20. The molecule has 0 aliphatic rings. The summed E-state index contributed by atoms with van der Waals surface area (Å²) in [5, 5.41) is 0. The summed E-state index contributed by atoms with van der Waals surface area (Å²) in [6.45, 7) is 7.95. The van der Waals surface area contributed by atoms with Gasteiger partial charge in [0.15, 0.2) is 0 Å². The Hall–Kier alpha value is -2.36. The molecule has 0 saturated heterocycles. The summed E-state index contributed by atoms with van der Waals surface area (Å²) < 4.78 is 0. The number of benzene rings is 1. The van der Waals surface area contributed by atoms with Gasteiger partial charge in [-0.15, -0.1) is 0 Å². The topological polar surface area (TPSA) is 36.4 Å². The molecule has 0 bridgehead atoms. The maximum atomic E-state index is 12.9. The molecule has 0 aliphatic carbocycles. The van der Waals surface area contributed by atoms with Crippen LogP contribution in [-0.4, -0.2) is 29.0 Å². The van der Waals surface area contributed by atoms with Gasteiger partial charge in [0.05, 0.1) is 6.54 Å². The molecule has 0 radical (unpaired) electrons. The molecule has 2 rings (SSSR count). The second-order valence-corrected chi connectivity index (χ2v) is 5.24. The Morgan fingerprint density at radius 3 is 2.50 bits per heavy atom. The van der Waals surface area contributed by atoms with E-state index < -0.39 is 0 Å². The minimum absolute atomic E-state index is 0.0273. The highest BCUT2D eigenvalue weighted by atomic mass is 16.2. The minimum Gasteiger partial charge on any atom is -0.325 e. The fourth-order valence-electron chi connectivity index (χ4n) is 2.40. The van der Waals surface area contributed by atoms with Crippen molar-refractivity contribution >= 4 is 11.7 Å². The summed E-state index contributed by atoms with van der Waals surface area (Å²) in [7, 11) is 0. The predicted octanol–water partition coefficient (Wildman–Crippen LogP) is 3.86. The van der Waals surface area contributed by atoms with Crippen LogP contribution in [0.25, 0.3) is 0 Å². The Labute approximate surface area is 132 Å². The molecule has 0 saturated carbocycles. The number of anilines is 1. The molecule has 2 aromatic rings. The van der Waals surface area contributed by atoms with Crippen molar-refractivity contribution in [3.05, 3.63) is 59.9 Å². The quantitative estimate of drug-likeness (QED) is 0.840. The Kier molecular flexibility index (Phi) is 5.53. The minimum atomic E-state index is 0.0273. The molecule has 0 fully saturated rings. The van der Waals surface area contributed by atoms with Gasteiger partial charge in [-0.05, 0) is 50.1 Å². The number of amides is 2. The highest BCUT2D eigenvalue weighted by molar-refractivity contribution is 5.92. The average Bonchev–Trinajstić information content (AvgIpc) is 2.54. The lowest BCUT2D eigenvalue weighted by Gasteiger charge is -2.29. The first-order valence-corrected chi connectivity index (χ1v) is 7.67. The molecular formula is C18H23N3O. The molecule has 0 spiro atoms. The van der Waals surface area contributed by atoms with Gasteiger partial charge in [0.25, 0.3) is 0 Å². The number of carbonyl (C=O) groups is 1. The first-order valence-electron chi connectivity index (χ1n) is 7.67. The molecule has 2 amide bonds. The van der Waals surface area contributed by atoms with Crippen molar-refractivity contribution in [3.63, 3.8) is 0 Å². The van der Waals surface area contributed by atoms with E-state index in [0.717, 1.165) is 16.8 Å². The third-order valence-electron chi connectivity index (χ3n) is 3.64. The summed E-state index contributed by atoms with van der Waals surface area (Å²) >= 11 is 0. The first kappa shape index (κ1) is 16.0. The largest absolute Gasteiger partial charge is 0.325 e. The van der Waals surface area contributed by atoms with Gasteiger partial charge in [-0.25, -0.2) is 4.79 Å². The van der Waals surface area contributed by atoms with Crippen LogP contribution in [0.3, 0.4) is 0 Å². The van der Waals surface area contributed by atoms with Crippen LogP contribution in [0.2, 0.25) is 0 Å². The van der Waals surface area contributed by atoms with Crippen LogP contribution in [-0.2, 0) is 6.54 Å². The molecule has 0 aliphatic heterocycles. The number of pyridine rings is 1. The monoisotopic (exact) mass is 297 g/mol. The van der Waals surface area contributed by atoms with E-state index in [4.69, 9.17) is 0 Å². The smallest absolute Gasteiger partial charge is 0.324 e. The number of hydrogen-bond acceptors (Lipinski definition) is 2. The van der Waals surface area contributed by atoms with Gasteiger partial charge in [-0.2, -0.15) is 0 Å².